The van der Waals surface area contributed by atoms with E-state index in [4.69, 9.17) is 0 Å². The second-order valence-corrected chi connectivity index (χ2v) is 10.7. The summed E-state index contributed by atoms with van der Waals surface area (Å²) in [7, 11) is 0. The first kappa shape index (κ1) is 18.8. The van der Waals surface area contributed by atoms with E-state index in [0.717, 1.165) is 37.1 Å². The third-order valence-corrected chi connectivity index (χ3v) is 8.29. The molecule has 0 aromatic carbocycles. The molecule has 5 aliphatic rings. The van der Waals surface area contributed by atoms with Crippen LogP contribution in [0.5, 0.6) is 0 Å². The van der Waals surface area contributed by atoms with Gasteiger partial charge in [-0.05, 0) is 81.5 Å². The first-order chi connectivity index (χ1) is 12.2. The lowest BCUT2D eigenvalue weighted by Crippen LogP contribution is -2.66. The predicted octanol–water partition coefficient (Wildman–Crippen LogP) is 3.10. The monoisotopic (exact) mass is 360 g/mol. The van der Waals surface area contributed by atoms with Crippen molar-refractivity contribution in [2.75, 3.05) is 6.54 Å². The molecule has 0 aromatic heterocycles. The van der Waals surface area contributed by atoms with Gasteiger partial charge in [0.15, 0.2) is 0 Å². The highest BCUT2D eigenvalue weighted by molar-refractivity contribution is 6.53. The summed E-state index contributed by atoms with van der Waals surface area (Å²) < 4.78 is 0. The first-order valence-corrected chi connectivity index (χ1v) is 11.0. The summed E-state index contributed by atoms with van der Waals surface area (Å²) in [6, 6.07) is 0.226. The molecule has 4 aliphatic carbocycles. The van der Waals surface area contributed by atoms with Crippen LogP contribution in [0.25, 0.3) is 0 Å². The Morgan fingerprint density at radius 3 is 2.15 bits per heavy atom. The van der Waals surface area contributed by atoms with Gasteiger partial charge in [0.2, 0.25) is 5.91 Å². The molecule has 5 heteroatoms. The molecule has 0 aromatic rings. The number of hydrogen-bond acceptors (Lipinski definition) is 3. The van der Waals surface area contributed by atoms with Crippen molar-refractivity contribution < 1.29 is 9.82 Å². The molecule has 1 saturated heterocycles. The molecule has 0 radical (unpaired) electrons. The van der Waals surface area contributed by atoms with Gasteiger partial charge in [-0.15, -0.1) is 0 Å². The fraction of sp³-hybridized carbons (Fsp3) is 0.952. The maximum Gasteiger partial charge on any atom is 0.312 e. The molecule has 146 valence electrons. The topological polar surface area (TPSA) is 52.6 Å². The Morgan fingerprint density at radius 1 is 1.15 bits per heavy atom. The first-order valence-electron chi connectivity index (χ1n) is 11.0. The zero-order valence-corrected chi connectivity index (χ0v) is 17.1. The highest BCUT2D eigenvalue weighted by Crippen LogP contribution is 2.61. The molecule has 2 atom stereocenters. The number of hydrogen-bond donors (Lipinski definition) is 2. The van der Waals surface area contributed by atoms with E-state index in [0.29, 0.717) is 6.04 Å². The molecule has 5 rings (SSSR count). The van der Waals surface area contributed by atoms with Gasteiger partial charge in [0.25, 0.3) is 0 Å². The van der Waals surface area contributed by atoms with E-state index >= 15 is 0 Å². The predicted molar refractivity (Wildman–Crippen MR) is 106 cm³/mol. The Morgan fingerprint density at radius 2 is 1.69 bits per heavy atom. The lowest BCUT2D eigenvalue weighted by Gasteiger charge is -2.60. The van der Waals surface area contributed by atoms with Gasteiger partial charge in [0, 0.05) is 18.0 Å². The molecular formula is C21H37BN2O2. The van der Waals surface area contributed by atoms with E-state index in [1.54, 1.807) is 0 Å². The third kappa shape index (κ3) is 2.94. The van der Waals surface area contributed by atoms with E-state index in [1.165, 1.54) is 38.5 Å². The highest BCUT2D eigenvalue weighted by atomic mass is 16.2. The quantitative estimate of drug-likeness (QED) is 0.741. The second-order valence-electron chi connectivity index (χ2n) is 10.7. The Bertz CT molecular complexity index is 529. The summed E-state index contributed by atoms with van der Waals surface area (Å²) in [6.45, 7) is 8.57. The van der Waals surface area contributed by atoms with E-state index in [-0.39, 0.29) is 17.4 Å². The number of carbonyl (C=O) groups excluding carboxylic acids is 1. The van der Waals surface area contributed by atoms with Crippen LogP contribution in [0.2, 0.25) is 6.82 Å². The molecular weight excluding hydrogens is 323 g/mol. The fourth-order valence-corrected chi connectivity index (χ4v) is 7.31. The van der Waals surface area contributed by atoms with Crippen molar-refractivity contribution in [3.05, 3.63) is 0 Å². The van der Waals surface area contributed by atoms with Crippen LogP contribution in [-0.4, -0.2) is 46.8 Å². The number of likely N-dealkylation sites (tertiary alicyclic amines) is 1. The Balaban J connectivity index is 1.64. The van der Waals surface area contributed by atoms with Gasteiger partial charge < -0.3 is 15.2 Å². The molecule has 0 spiro atoms. The van der Waals surface area contributed by atoms with Crippen molar-refractivity contribution in [2.24, 2.45) is 23.2 Å². The summed E-state index contributed by atoms with van der Waals surface area (Å²) in [5.41, 5.74) is -0.255. The van der Waals surface area contributed by atoms with Crippen LogP contribution in [-0.2, 0) is 4.79 Å². The van der Waals surface area contributed by atoms with Crippen molar-refractivity contribution >= 4 is 12.8 Å². The van der Waals surface area contributed by atoms with Gasteiger partial charge >= 0.3 is 6.92 Å². The van der Waals surface area contributed by atoms with Crippen LogP contribution in [0, 0.1) is 23.2 Å². The molecule has 1 amide bonds. The summed E-state index contributed by atoms with van der Waals surface area (Å²) in [6.07, 6.45) is 9.80. The molecule has 5 fully saturated rings. The van der Waals surface area contributed by atoms with Crippen LogP contribution in [0.3, 0.4) is 0 Å². The van der Waals surface area contributed by atoms with E-state index < -0.39 is 12.4 Å². The van der Waals surface area contributed by atoms with Crippen molar-refractivity contribution in [1.29, 1.82) is 0 Å². The molecule has 4 saturated carbocycles. The minimum atomic E-state index is -0.481. The molecule has 1 aliphatic heterocycles. The molecule has 4 nitrogen and oxygen atoms in total. The summed E-state index contributed by atoms with van der Waals surface area (Å²) in [5.74, 6) is 2.79. The SMILES string of the molecule is CB(O)C1(C)CCCN1C(=O)C(NC(C)C)C12CC3CC(CC(C3)C1)C2. The van der Waals surface area contributed by atoms with Crippen molar-refractivity contribution in [3.63, 3.8) is 0 Å². The maximum absolute atomic E-state index is 13.9. The average molecular weight is 360 g/mol. The van der Waals surface area contributed by atoms with Gasteiger partial charge in [0.05, 0.1) is 6.04 Å². The Labute approximate surface area is 159 Å². The summed E-state index contributed by atoms with van der Waals surface area (Å²) in [5, 5.41) is 14.1. The van der Waals surface area contributed by atoms with Crippen LogP contribution < -0.4 is 5.32 Å². The zero-order chi connectivity index (χ0) is 18.7. The van der Waals surface area contributed by atoms with Gasteiger partial charge in [-0.2, -0.15) is 0 Å². The molecule has 1 heterocycles. The van der Waals surface area contributed by atoms with Crippen molar-refractivity contribution in [1.82, 2.24) is 10.2 Å². The van der Waals surface area contributed by atoms with Crippen LogP contribution >= 0.6 is 0 Å². The summed E-state index contributed by atoms with van der Waals surface area (Å²) >= 11 is 0. The number of carbonyl (C=O) groups is 1. The number of amides is 1. The second kappa shape index (κ2) is 6.51. The van der Waals surface area contributed by atoms with Gasteiger partial charge in [0.1, 0.15) is 0 Å². The van der Waals surface area contributed by atoms with Crippen LogP contribution in [0.1, 0.15) is 72.1 Å². The normalized spacial score (nSPS) is 42.5. The van der Waals surface area contributed by atoms with Crippen LogP contribution in [0.15, 0.2) is 0 Å². The zero-order valence-electron chi connectivity index (χ0n) is 17.1. The average Bonchev–Trinajstić information content (AvgIpc) is 2.94. The number of nitrogens with zero attached hydrogens (tertiary/aromatic N) is 1. The van der Waals surface area contributed by atoms with Crippen LogP contribution in [0.4, 0.5) is 0 Å². The minimum Gasteiger partial charge on any atom is -0.449 e. The van der Waals surface area contributed by atoms with Gasteiger partial charge in [-0.1, -0.05) is 20.7 Å². The lowest BCUT2D eigenvalue weighted by atomic mass is 9.47. The maximum atomic E-state index is 13.9. The Hall–Kier alpha value is -0.545. The van der Waals surface area contributed by atoms with E-state index in [1.807, 2.05) is 11.7 Å². The minimum absolute atomic E-state index is 0.0768. The molecule has 2 unspecified atom stereocenters. The molecule has 2 N–H and O–H groups in total. The largest absolute Gasteiger partial charge is 0.449 e. The van der Waals surface area contributed by atoms with E-state index in [9.17, 15) is 9.82 Å². The Kier molecular flexibility index (Phi) is 4.71. The van der Waals surface area contributed by atoms with Crippen molar-refractivity contribution in [2.45, 2.75) is 96.5 Å². The number of nitrogens with one attached hydrogen (secondary N) is 1. The lowest BCUT2D eigenvalue weighted by molar-refractivity contribution is -0.147. The van der Waals surface area contributed by atoms with Gasteiger partial charge in [-0.25, -0.2) is 0 Å². The smallest absolute Gasteiger partial charge is 0.312 e. The highest BCUT2D eigenvalue weighted by Gasteiger charge is 2.58. The third-order valence-electron chi connectivity index (χ3n) is 8.29. The van der Waals surface area contributed by atoms with Crippen molar-refractivity contribution in [3.8, 4) is 0 Å². The molecule has 4 bridgehead atoms. The number of rotatable bonds is 5. The fourth-order valence-electron chi connectivity index (χ4n) is 7.31. The van der Waals surface area contributed by atoms with E-state index in [2.05, 4.69) is 26.1 Å². The molecule has 26 heavy (non-hydrogen) atoms. The van der Waals surface area contributed by atoms with Gasteiger partial charge in [-0.3, -0.25) is 4.79 Å². The summed E-state index contributed by atoms with van der Waals surface area (Å²) in [4.78, 5) is 15.9. The standard InChI is InChI=1S/C21H37BN2O2/c1-14(2)23-18(19(25)24-7-5-6-20(24,3)22(4)26)21-11-15-8-16(12-21)10-17(9-15)13-21/h14-18,23,26H,5-13H2,1-4H3.